The molecule has 0 amide bonds. The summed E-state index contributed by atoms with van der Waals surface area (Å²) in [7, 11) is 0. The molecule has 0 heterocycles. The first-order valence-corrected chi connectivity index (χ1v) is 5.20. The van der Waals surface area contributed by atoms with Gasteiger partial charge in [0.1, 0.15) is 0 Å². The van der Waals surface area contributed by atoms with E-state index in [-0.39, 0.29) is 12.2 Å². The molecule has 2 atom stereocenters. The third-order valence-corrected chi connectivity index (χ3v) is 2.72. The van der Waals surface area contributed by atoms with Crippen molar-refractivity contribution in [2.24, 2.45) is 0 Å². The van der Waals surface area contributed by atoms with E-state index < -0.39 is 0 Å². The number of ether oxygens (including phenoxy) is 1. The van der Waals surface area contributed by atoms with Gasteiger partial charge in [-0.1, -0.05) is 30.3 Å². The molecular formula is C12H16O2. The molecule has 2 nitrogen and oxygen atoms in total. The zero-order chi connectivity index (χ0) is 9.80. The summed E-state index contributed by atoms with van der Waals surface area (Å²) in [5.41, 5.74) is 1.17. The Morgan fingerprint density at radius 1 is 1.21 bits per heavy atom. The Labute approximate surface area is 84.5 Å². The molecule has 0 bridgehead atoms. The molecule has 1 aromatic rings. The first-order chi connectivity index (χ1) is 6.86. The lowest BCUT2D eigenvalue weighted by Crippen LogP contribution is -2.22. The van der Waals surface area contributed by atoms with E-state index in [1.807, 2.05) is 30.3 Å². The van der Waals surface area contributed by atoms with E-state index in [4.69, 9.17) is 4.74 Å². The largest absolute Gasteiger partial charge is 0.390 e. The second-order valence-corrected chi connectivity index (χ2v) is 3.83. The standard InChI is InChI=1S/C12H16O2/c13-11-7-4-8-12(11)14-9-10-5-2-1-3-6-10/h1-3,5-6,11-13H,4,7-9H2/t11-,12-/m1/s1. The van der Waals surface area contributed by atoms with Crippen LogP contribution in [-0.4, -0.2) is 17.3 Å². The van der Waals surface area contributed by atoms with Gasteiger partial charge in [0, 0.05) is 0 Å². The van der Waals surface area contributed by atoms with Crippen molar-refractivity contribution in [1.29, 1.82) is 0 Å². The van der Waals surface area contributed by atoms with Crippen molar-refractivity contribution in [2.75, 3.05) is 0 Å². The lowest BCUT2D eigenvalue weighted by atomic mass is 10.2. The molecule has 0 unspecified atom stereocenters. The number of hydrogen-bond acceptors (Lipinski definition) is 2. The highest BCUT2D eigenvalue weighted by atomic mass is 16.5. The average Bonchev–Trinajstić information content (AvgIpc) is 2.63. The van der Waals surface area contributed by atoms with Crippen LogP contribution in [0.5, 0.6) is 0 Å². The van der Waals surface area contributed by atoms with Crippen LogP contribution >= 0.6 is 0 Å². The summed E-state index contributed by atoms with van der Waals surface area (Å²) < 4.78 is 5.65. The van der Waals surface area contributed by atoms with Gasteiger partial charge in [-0.25, -0.2) is 0 Å². The van der Waals surface area contributed by atoms with Gasteiger partial charge < -0.3 is 9.84 Å². The van der Waals surface area contributed by atoms with Crippen molar-refractivity contribution in [2.45, 2.75) is 38.1 Å². The van der Waals surface area contributed by atoms with Gasteiger partial charge >= 0.3 is 0 Å². The Bertz CT molecular complexity index is 271. The highest BCUT2D eigenvalue weighted by Gasteiger charge is 2.25. The summed E-state index contributed by atoms with van der Waals surface area (Å²) in [5.74, 6) is 0. The summed E-state index contributed by atoms with van der Waals surface area (Å²) >= 11 is 0. The summed E-state index contributed by atoms with van der Waals surface area (Å²) in [5, 5.41) is 9.54. The second-order valence-electron chi connectivity index (χ2n) is 3.83. The van der Waals surface area contributed by atoms with E-state index in [0.29, 0.717) is 6.61 Å². The Balaban J connectivity index is 1.82. The quantitative estimate of drug-likeness (QED) is 0.794. The van der Waals surface area contributed by atoms with Crippen molar-refractivity contribution in [3.05, 3.63) is 35.9 Å². The number of hydrogen-bond donors (Lipinski definition) is 1. The highest BCUT2D eigenvalue weighted by Crippen LogP contribution is 2.22. The van der Waals surface area contributed by atoms with Crippen LogP contribution in [0.2, 0.25) is 0 Å². The molecule has 1 fully saturated rings. The monoisotopic (exact) mass is 192 g/mol. The molecular weight excluding hydrogens is 176 g/mol. The van der Waals surface area contributed by atoms with Crippen LogP contribution in [-0.2, 0) is 11.3 Å². The van der Waals surface area contributed by atoms with Crippen molar-refractivity contribution >= 4 is 0 Å². The van der Waals surface area contributed by atoms with Crippen LogP contribution in [0.4, 0.5) is 0 Å². The summed E-state index contributed by atoms with van der Waals surface area (Å²) in [6.07, 6.45) is 2.77. The smallest absolute Gasteiger partial charge is 0.0838 e. The lowest BCUT2D eigenvalue weighted by Gasteiger charge is -2.15. The zero-order valence-electron chi connectivity index (χ0n) is 8.23. The van der Waals surface area contributed by atoms with E-state index in [1.165, 1.54) is 5.56 Å². The van der Waals surface area contributed by atoms with Crippen LogP contribution < -0.4 is 0 Å². The molecule has 1 aromatic carbocycles. The normalized spacial score (nSPS) is 26.6. The van der Waals surface area contributed by atoms with E-state index in [2.05, 4.69) is 0 Å². The van der Waals surface area contributed by atoms with Crippen molar-refractivity contribution < 1.29 is 9.84 Å². The van der Waals surface area contributed by atoms with Gasteiger partial charge in [-0.15, -0.1) is 0 Å². The molecule has 0 radical (unpaired) electrons. The number of benzene rings is 1. The maximum absolute atomic E-state index is 9.54. The number of rotatable bonds is 3. The lowest BCUT2D eigenvalue weighted by molar-refractivity contribution is -0.0273. The van der Waals surface area contributed by atoms with Crippen molar-refractivity contribution in [3.8, 4) is 0 Å². The van der Waals surface area contributed by atoms with Gasteiger partial charge in [-0.3, -0.25) is 0 Å². The molecule has 2 rings (SSSR count). The first kappa shape index (κ1) is 9.69. The van der Waals surface area contributed by atoms with E-state index >= 15 is 0 Å². The minimum atomic E-state index is -0.251. The Kier molecular flexibility index (Phi) is 3.17. The molecule has 1 N–H and O–H groups in total. The maximum atomic E-state index is 9.54. The third-order valence-electron chi connectivity index (χ3n) is 2.72. The molecule has 1 aliphatic carbocycles. The maximum Gasteiger partial charge on any atom is 0.0838 e. The Hall–Kier alpha value is -0.860. The van der Waals surface area contributed by atoms with E-state index in [1.54, 1.807) is 0 Å². The fraction of sp³-hybridized carbons (Fsp3) is 0.500. The van der Waals surface area contributed by atoms with Crippen molar-refractivity contribution in [1.82, 2.24) is 0 Å². The SMILES string of the molecule is O[C@@H]1CCC[C@H]1OCc1ccccc1. The van der Waals surface area contributed by atoms with Gasteiger partial charge in [-0.05, 0) is 24.8 Å². The molecule has 0 aromatic heterocycles. The second kappa shape index (κ2) is 4.58. The summed E-state index contributed by atoms with van der Waals surface area (Å²) in [4.78, 5) is 0. The average molecular weight is 192 g/mol. The molecule has 0 saturated heterocycles. The fourth-order valence-electron chi connectivity index (χ4n) is 1.88. The molecule has 1 saturated carbocycles. The first-order valence-electron chi connectivity index (χ1n) is 5.20. The van der Waals surface area contributed by atoms with E-state index in [9.17, 15) is 5.11 Å². The Morgan fingerprint density at radius 3 is 2.64 bits per heavy atom. The summed E-state index contributed by atoms with van der Waals surface area (Å²) in [6, 6.07) is 10.1. The topological polar surface area (TPSA) is 29.5 Å². The molecule has 0 spiro atoms. The zero-order valence-corrected chi connectivity index (χ0v) is 8.23. The van der Waals surface area contributed by atoms with Crippen LogP contribution in [0.1, 0.15) is 24.8 Å². The van der Waals surface area contributed by atoms with Crippen molar-refractivity contribution in [3.63, 3.8) is 0 Å². The molecule has 1 aliphatic rings. The van der Waals surface area contributed by atoms with Gasteiger partial charge in [-0.2, -0.15) is 0 Å². The fourth-order valence-corrected chi connectivity index (χ4v) is 1.88. The van der Waals surface area contributed by atoms with Gasteiger partial charge in [0.05, 0.1) is 18.8 Å². The van der Waals surface area contributed by atoms with Gasteiger partial charge in [0.15, 0.2) is 0 Å². The minimum Gasteiger partial charge on any atom is -0.390 e. The van der Waals surface area contributed by atoms with Crippen LogP contribution in [0, 0.1) is 0 Å². The predicted octanol–water partition coefficient (Wildman–Crippen LogP) is 2.12. The molecule has 2 heteroatoms. The minimum absolute atomic E-state index is 0.0511. The molecule has 76 valence electrons. The molecule has 14 heavy (non-hydrogen) atoms. The van der Waals surface area contributed by atoms with Gasteiger partial charge in [0.2, 0.25) is 0 Å². The van der Waals surface area contributed by atoms with Crippen LogP contribution in [0.15, 0.2) is 30.3 Å². The van der Waals surface area contributed by atoms with E-state index in [0.717, 1.165) is 19.3 Å². The number of aliphatic hydroxyl groups is 1. The Morgan fingerprint density at radius 2 is 2.00 bits per heavy atom. The highest BCUT2D eigenvalue weighted by molar-refractivity contribution is 5.13. The van der Waals surface area contributed by atoms with Gasteiger partial charge in [0.25, 0.3) is 0 Å². The van der Waals surface area contributed by atoms with Crippen LogP contribution in [0.25, 0.3) is 0 Å². The molecule has 0 aliphatic heterocycles. The summed E-state index contributed by atoms with van der Waals surface area (Å²) in [6.45, 7) is 0.614. The van der Waals surface area contributed by atoms with Crippen LogP contribution in [0.3, 0.4) is 0 Å². The predicted molar refractivity (Wildman–Crippen MR) is 54.9 cm³/mol. The number of aliphatic hydroxyl groups excluding tert-OH is 1. The third kappa shape index (κ3) is 2.34.